The molecule has 136 valence electrons. The van der Waals surface area contributed by atoms with Crippen LogP contribution in [0.5, 0.6) is 11.5 Å². The number of amides is 1. The summed E-state index contributed by atoms with van der Waals surface area (Å²) in [5, 5.41) is 3.00. The summed E-state index contributed by atoms with van der Waals surface area (Å²) in [4.78, 5) is 31.3. The second-order valence-corrected chi connectivity index (χ2v) is 5.75. The van der Waals surface area contributed by atoms with Crippen LogP contribution in [-0.2, 0) is 0 Å². The average molecular weight is 357 g/mol. The second-order valence-electron chi connectivity index (χ2n) is 5.75. The largest absolute Gasteiger partial charge is 0.497 e. The molecule has 8 nitrogen and oxygen atoms in total. The number of fused-ring (bicyclic) bond motifs is 1. The van der Waals surface area contributed by atoms with Crippen LogP contribution in [0.3, 0.4) is 0 Å². The molecule has 0 spiro atoms. The van der Waals surface area contributed by atoms with Crippen molar-refractivity contribution < 1.29 is 18.7 Å². The van der Waals surface area contributed by atoms with Crippen LogP contribution in [0.2, 0.25) is 0 Å². The minimum absolute atomic E-state index is 0.128. The predicted octanol–water partition coefficient (Wildman–Crippen LogP) is 2.33. The van der Waals surface area contributed by atoms with Crippen LogP contribution >= 0.6 is 0 Å². The Balaban J connectivity index is 1.96. The molecule has 8 heteroatoms. The molecule has 26 heavy (non-hydrogen) atoms. The van der Waals surface area contributed by atoms with E-state index in [1.807, 2.05) is 6.92 Å². The van der Waals surface area contributed by atoms with E-state index in [1.54, 1.807) is 39.3 Å². The summed E-state index contributed by atoms with van der Waals surface area (Å²) in [6.07, 6.45) is 1.24. The average Bonchev–Trinajstić information content (AvgIpc) is 2.98. The fraction of sp³-hybridized carbons (Fsp3) is 0.278. The van der Waals surface area contributed by atoms with E-state index in [4.69, 9.17) is 13.9 Å². The van der Waals surface area contributed by atoms with Crippen molar-refractivity contribution in [1.82, 2.24) is 15.3 Å². The van der Waals surface area contributed by atoms with Crippen molar-refractivity contribution in [2.24, 2.45) is 0 Å². The lowest BCUT2D eigenvalue weighted by Crippen LogP contribution is -2.28. The van der Waals surface area contributed by atoms with Gasteiger partial charge in [-0.05, 0) is 32.0 Å². The Labute approximate surface area is 149 Å². The maximum Gasteiger partial charge on any atom is 0.262 e. The van der Waals surface area contributed by atoms with Gasteiger partial charge >= 0.3 is 0 Å². The number of aromatic amines is 1. The van der Waals surface area contributed by atoms with Gasteiger partial charge in [0.25, 0.3) is 11.5 Å². The van der Waals surface area contributed by atoms with Gasteiger partial charge in [-0.1, -0.05) is 0 Å². The number of nitrogens with one attached hydrogen (secondary N) is 2. The third-order valence-corrected chi connectivity index (χ3v) is 4.15. The number of ether oxygens (including phenoxy) is 2. The number of aryl methyl sites for hydroxylation is 1. The van der Waals surface area contributed by atoms with Crippen LogP contribution in [0.25, 0.3) is 11.1 Å². The Bertz CT molecular complexity index is 1020. The van der Waals surface area contributed by atoms with Gasteiger partial charge in [0, 0.05) is 5.56 Å². The minimum atomic E-state index is -0.433. The van der Waals surface area contributed by atoms with Gasteiger partial charge < -0.3 is 24.2 Å². The molecule has 1 atom stereocenters. The first kappa shape index (κ1) is 17.5. The molecule has 0 fully saturated rings. The Morgan fingerprint density at radius 1 is 1.31 bits per heavy atom. The third-order valence-electron chi connectivity index (χ3n) is 4.15. The maximum atomic E-state index is 12.8. The van der Waals surface area contributed by atoms with E-state index in [0.717, 1.165) is 5.56 Å². The van der Waals surface area contributed by atoms with Gasteiger partial charge in [0.05, 0.1) is 32.2 Å². The monoisotopic (exact) mass is 357 g/mol. The van der Waals surface area contributed by atoms with E-state index in [2.05, 4.69) is 15.3 Å². The van der Waals surface area contributed by atoms with Crippen molar-refractivity contribution in [3.05, 3.63) is 51.8 Å². The van der Waals surface area contributed by atoms with Crippen LogP contribution < -0.4 is 20.3 Å². The van der Waals surface area contributed by atoms with Gasteiger partial charge in [0.2, 0.25) is 5.71 Å². The van der Waals surface area contributed by atoms with Gasteiger partial charge in [-0.15, -0.1) is 0 Å². The number of benzene rings is 1. The number of nitrogens with zero attached hydrogens (tertiary/aromatic N) is 1. The fourth-order valence-electron chi connectivity index (χ4n) is 2.85. The standard InChI is InChI=1S/C18H19N3O5/c1-9(12-7-11(24-3)5-6-13(12)25-4)21-17(23)14-10(2)26-18-15(14)16(22)19-8-20-18/h5-9H,1-4H3,(H,21,23)(H,19,20,22)/t9-/m0/s1. The normalized spacial score (nSPS) is 12.0. The number of carbonyl (C=O) groups is 1. The first-order valence-electron chi connectivity index (χ1n) is 7.95. The molecule has 3 rings (SSSR count). The van der Waals surface area contributed by atoms with E-state index < -0.39 is 17.5 Å². The predicted molar refractivity (Wildman–Crippen MR) is 94.8 cm³/mol. The molecule has 2 heterocycles. The molecule has 2 aromatic heterocycles. The molecular weight excluding hydrogens is 338 g/mol. The summed E-state index contributed by atoms with van der Waals surface area (Å²) < 4.78 is 16.0. The summed E-state index contributed by atoms with van der Waals surface area (Å²) in [6, 6.07) is 4.94. The highest BCUT2D eigenvalue weighted by atomic mass is 16.5. The minimum Gasteiger partial charge on any atom is -0.497 e. The van der Waals surface area contributed by atoms with Crippen molar-refractivity contribution in [2.45, 2.75) is 19.9 Å². The fourth-order valence-corrected chi connectivity index (χ4v) is 2.85. The molecular formula is C18H19N3O5. The van der Waals surface area contributed by atoms with Crippen LogP contribution in [-0.4, -0.2) is 30.1 Å². The summed E-state index contributed by atoms with van der Waals surface area (Å²) in [5.41, 5.74) is 0.618. The molecule has 0 bridgehead atoms. The molecule has 0 radical (unpaired) electrons. The van der Waals surface area contributed by atoms with E-state index in [0.29, 0.717) is 17.3 Å². The summed E-state index contributed by atoms with van der Waals surface area (Å²) in [5.74, 6) is 1.16. The SMILES string of the molecule is COc1ccc(OC)c([C@H](C)NC(=O)c2c(C)oc3nc[nH]c(=O)c23)c1. The van der Waals surface area contributed by atoms with Crippen LogP contribution in [0.15, 0.2) is 33.7 Å². The highest BCUT2D eigenvalue weighted by Gasteiger charge is 2.24. The summed E-state index contributed by atoms with van der Waals surface area (Å²) >= 11 is 0. The number of carbonyl (C=O) groups excluding carboxylic acids is 1. The Kier molecular flexibility index (Phi) is 4.66. The van der Waals surface area contributed by atoms with Gasteiger partial charge in [0.1, 0.15) is 22.6 Å². The highest BCUT2D eigenvalue weighted by Crippen LogP contribution is 2.30. The van der Waals surface area contributed by atoms with Crippen molar-refractivity contribution in [3.63, 3.8) is 0 Å². The Morgan fingerprint density at radius 3 is 2.77 bits per heavy atom. The zero-order valence-electron chi connectivity index (χ0n) is 14.9. The molecule has 0 saturated heterocycles. The van der Waals surface area contributed by atoms with Crippen molar-refractivity contribution in [3.8, 4) is 11.5 Å². The second kappa shape index (κ2) is 6.91. The van der Waals surface area contributed by atoms with E-state index in [1.165, 1.54) is 6.33 Å². The lowest BCUT2D eigenvalue weighted by atomic mass is 10.1. The molecule has 0 aliphatic rings. The molecule has 2 N–H and O–H groups in total. The first-order chi connectivity index (χ1) is 12.5. The van der Waals surface area contributed by atoms with Gasteiger partial charge in [-0.25, -0.2) is 4.98 Å². The lowest BCUT2D eigenvalue weighted by molar-refractivity contribution is 0.0939. The van der Waals surface area contributed by atoms with E-state index >= 15 is 0 Å². The molecule has 0 saturated carbocycles. The number of rotatable bonds is 5. The Hall–Kier alpha value is -3.29. The third kappa shape index (κ3) is 3.01. The van der Waals surface area contributed by atoms with Gasteiger partial charge in [0.15, 0.2) is 0 Å². The molecule has 0 aliphatic heterocycles. The maximum absolute atomic E-state index is 12.8. The Morgan fingerprint density at radius 2 is 2.08 bits per heavy atom. The van der Waals surface area contributed by atoms with Crippen molar-refractivity contribution in [1.29, 1.82) is 0 Å². The summed E-state index contributed by atoms with van der Waals surface area (Å²) in [6.45, 7) is 3.43. The van der Waals surface area contributed by atoms with Crippen LogP contribution in [0.4, 0.5) is 0 Å². The number of H-pyrrole nitrogens is 1. The zero-order chi connectivity index (χ0) is 18.8. The smallest absolute Gasteiger partial charge is 0.262 e. The first-order valence-corrected chi connectivity index (χ1v) is 7.95. The van der Waals surface area contributed by atoms with Gasteiger partial charge in [-0.3, -0.25) is 9.59 Å². The molecule has 3 aromatic rings. The van der Waals surface area contributed by atoms with Crippen molar-refractivity contribution >= 4 is 17.0 Å². The summed E-state index contributed by atoms with van der Waals surface area (Å²) in [7, 11) is 3.12. The quantitative estimate of drug-likeness (QED) is 0.726. The number of methoxy groups -OCH3 is 2. The van der Waals surface area contributed by atoms with Crippen LogP contribution in [0, 0.1) is 6.92 Å². The molecule has 1 aromatic carbocycles. The van der Waals surface area contributed by atoms with Crippen molar-refractivity contribution in [2.75, 3.05) is 14.2 Å². The van der Waals surface area contributed by atoms with E-state index in [-0.39, 0.29) is 16.7 Å². The van der Waals surface area contributed by atoms with E-state index in [9.17, 15) is 9.59 Å². The van der Waals surface area contributed by atoms with Gasteiger partial charge in [-0.2, -0.15) is 0 Å². The lowest BCUT2D eigenvalue weighted by Gasteiger charge is -2.18. The molecule has 0 unspecified atom stereocenters. The number of hydrogen-bond donors (Lipinski definition) is 2. The zero-order valence-corrected chi connectivity index (χ0v) is 14.9. The molecule has 1 amide bonds. The number of furan rings is 1. The van der Waals surface area contributed by atoms with Crippen LogP contribution in [0.1, 0.15) is 34.6 Å². The molecule has 0 aliphatic carbocycles. The number of hydrogen-bond acceptors (Lipinski definition) is 6. The number of aromatic nitrogens is 2. The highest BCUT2D eigenvalue weighted by molar-refractivity contribution is 6.06. The topological polar surface area (TPSA) is 106 Å².